The van der Waals surface area contributed by atoms with Gasteiger partial charge in [-0.25, -0.2) is 0 Å². The van der Waals surface area contributed by atoms with Crippen LogP contribution in [0.3, 0.4) is 0 Å². The van der Waals surface area contributed by atoms with Gasteiger partial charge in [-0.15, -0.1) is 0 Å². The van der Waals surface area contributed by atoms with E-state index in [9.17, 15) is 5.26 Å². The first-order valence-electron chi connectivity index (χ1n) is 9.56. The van der Waals surface area contributed by atoms with Gasteiger partial charge in [0.1, 0.15) is 0 Å². The molecule has 2 aromatic carbocycles. The number of hydrogen-bond donors (Lipinski definition) is 0. The molecule has 1 atom stereocenters. The molecule has 0 radical (unpaired) electrons. The van der Waals surface area contributed by atoms with Crippen molar-refractivity contribution in [2.45, 2.75) is 52.5 Å². The van der Waals surface area contributed by atoms with E-state index in [4.69, 9.17) is 11.6 Å². The first kappa shape index (κ1) is 19.5. The second-order valence-electron chi connectivity index (χ2n) is 8.11. The third-order valence-corrected chi connectivity index (χ3v) is 5.88. The number of aryl methyl sites for hydroxylation is 1. The van der Waals surface area contributed by atoms with E-state index in [1.807, 2.05) is 30.3 Å². The van der Waals surface area contributed by atoms with Gasteiger partial charge in [0.05, 0.1) is 11.6 Å². The number of nitrogens with zero attached hydrogens (tertiary/aromatic N) is 2. The van der Waals surface area contributed by atoms with Gasteiger partial charge < -0.3 is 4.90 Å². The van der Waals surface area contributed by atoms with Crippen LogP contribution in [0.25, 0.3) is 11.6 Å². The fourth-order valence-electron chi connectivity index (χ4n) is 4.40. The fourth-order valence-corrected chi connectivity index (χ4v) is 4.59. The maximum absolute atomic E-state index is 9.69. The predicted molar refractivity (Wildman–Crippen MR) is 116 cm³/mol. The molecule has 2 aromatic rings. The number of halogens is 1. The van der Waals surface area contributed by atoms with Crippen molar-refractivity contribution in [2.24, 2.45) is 0 Å². The summed E-state index contributed by atoms with van der Waals surface area (Å²) in [5, 5.41) is 10.3. The van der Waals surface area contributed by atoms with Crippen LogP contribution in [0.5, 0.6) is 0 Å². The number of benzene rings is 2. The minimum absolute atomic E-state index is 0.156. The standard InChI is InChI=1S/C24H27ClN2/c1-6-27-23-10-16(2)19(13-22(23)17(3)14-24(27,4)5)11-20(15-26)18-8-7-9-21(25)12-18/h7-13,17H,6,14H2,1-5H3/b20-11-/t17-/m1/s1. The maximum atomic E-state index is 9.69. The molecule has 0 saturated heterocycles. The Bertz CT molecular complexity index is 934. The van der Waals surface area contributed by atoms with Crippen molar-refractivity contribution in [3.05, 3.63) is 63.7 Å². The molecule has 0 N–H and O–H groups in total. The summed E-state index contributed by atoms with van der Waals surface area (Å²) in [5.74, 6) is 0.488. The average molecular weight is 379 g/mol. The molecule has 0 aromatic heterocycles. The molecule has 3 heteroatoms. The maximum Gasteiger partial charge on any atom is 0.0998 e. The highest BCUT2D eigenvalue weighted by atomic mass is 35.5. The van der Waals surface area contributed by atoms with Crippen molar-refractivity contribution in [2.75, 3.05) is 11.4 Å². The van der Waals surface area contributed by atoms with Gasteiger partial charge in [-0.1, -0.05) is 30.7 Å². The minimum Gasteiger partial charge on any atom is -0.366 e. The molecular weight excluding hydrogens is 352 g/mol. The van der Waals surface area contributed by atoms with Crippen LogP contribution in [0.1, 0.15) is 62.3 Å². The molecule has 0 unspecified atom stereocenters. The zero-order chi connectivity index (χ0) is 19.8. The molecule has 1 aliphatic heterocycles. The van der Waals surface area contributed by atoms with Crippen molar-refractivity contribution < 1.29 is 0 Å². The minimum atomic E-state index is 0.156. The zero-order valence-corrected chi connectivity index (χ0v) is 17.6. The molecule has 0 amide bonds. The van der Waals surface area contributed by atoms with E-state index in [1.54, 1.807) is 0 Å². The number of nitriles is 1. The first-order valence-corrected chi connectivity index (χ1v) is 9.94. The molecule has 0 bridgehead atoms. The Hall–Kier alpha value is -2.24. The van der Waals surface area contributed by atoms with Gasteiger partial charge in [-0.05, 0) is 92.6 Å². The van der Waals surface area contributed by atoms with E-state index < -0.39 is 0 Å². The first-order chi connectivity index (χ1) is 12.8. The smallest absolute Gasteiger partial charge is 0.0998 e. The quantitative estimate of drug-likeness (QED) is 0.432. The summed E-state index contributed by atoms with van der Waals surface area (Å²) in [5.41, 5.74) is 6.64. The Morgan fingerprint density at radius 2 is 2.07 bits per heavy atom. The van der Waals surface area contributed by atoms with E-state index in [1.165, 1.54) is 16.8 Å². The lowest BCUT2D eigenvalue weighted by Gasteiger charge is -2.47. The Kier molecular flexibility index (Phi) is 5.36. The fraction of sp³-hybridized carbons (Fsp3) is 0.375. The molecule has 0 spiro atoms. The molecule has 0 saturated carbocycles. The van der Waals surface area contributed by atoms with Crippen LogP contribution >= 0.6 is 11.6 Å². The number of fused-ring (bicyclic) bond motifs is 1. The molecule has 1 aliphatic rings. The Balaban J connectivity index is 2.11. The normalized spacial score (nSPS) is 18.8. The monoisotopic (exact) mass is 378 g/mol. The predicted octanol–water partition coefficient (Wildman–Crippen LogP) is 6.82. The summed E-state index contributed by atoms with van der Waals surface area (Å²) in [4.78, 5) is 2.50. The van der Waals surface area contributed by atoms with Crippen LogP contribution in [-0.4, -0.2) is 12.1 Å². The molecule has 27 heavy (non-hydrogen) atoms. The third kappa shape index (κ3) is 3.75. The van der Waals surface area contributed by atoms with Crippen molar-refractivity contribution in [1.82, 2.24) is 0 Å². The molecule has 0 fully saturated rings. The van der Waals surface area contributed by atoms with Crippen molar-refractivity contribution in [3.8, 4) is 6.07 Å². The topological polar surface area (TPSA) is 27.0 Å². The molecule has 140 valence electrons. The van der Waals surface area contributed by atoms with Gasteiger partial charge in [0.2, 0.25) is 0 Å². The summed E-state index contributed by atoms with van der Waals surface area (Å²) in [7, 11) is 0. The zero-order valence-electron chi connectivity index (χ0n) is 16.8. The van der Waals surface area contributed by atoms with Gasteiger partial charge in [-0.3, -0.25) is 0 Å². The van der Waals surface area contributed by atoms with Crippen LogP contribution in [0.2, 0.25) is 5.02 Å². The van der Waals surface area contributed by atoms with E-state index >= 15 is 0 Å². The van der Waals surface area contributed by atoms with E-state index in [0.29, 0.717) is 16.5 Å². The lowest BCUT2D eigenvalue weighted by Crippen LogP contribution is -2.48. The molecule has 0 aliphatic carbocycles. The summed E-state index contributed by atoms with van der Waals surface area (Å²) >= 11 is 6.11. The van der Waals surface area contributed by atoms with Gasteiger partial charge in [-0.2, -0.15) is 5.26 Å². The summed E-state index contributed by atoms with van der Waals surface area (Å²) in [6, 6.07) is 14.4. The van der Waals surface area contributed by atoms with E-state index in [-0.39, 0.29) is 5.54 Å². The van der Waals surface area contributed by atoms with Crippen LogP contribution in [0.4, 0.5) is 5.69 Å². The highest BCUT2D eigenvalue weighted by molar-refractivity contribution is 6.30. The van der Waals surface area contributed by atoms with Crippen LogP contribution in [-0.2, 0) is 0 Å². The SMILES string of the molecule is CCN1c2cc(C)c(/C=C(/C#N)c3cccc(Cl)c3)cc2[C@H](C)CC1(C)C. The Morgan fingerprint density at radius 1 is 1.33 bits per heavy atom. The largest absolute Gasteiger partial charge is 0.366 e. The van der Waals surface area contributed by atoms with Crippen molar-refractivity contribution in [3.63, 3.8) is 0 Å². The number of allylic oxidation sites excluding steroid dienone is 1. The highest BCUT2D eigenvalue weighted by Gasteiger charge is 2.35. The molecule has 1 heterocycles. The second-order valence-corrected chi connectivity index (χ2v) is 8.55. The Morgan fingerprint density at radius 3 is 2.70 bits per heavy atom. The highest BCUT2D eigenvalue weighted by Crippen LogP contribution is 2.44. The van der Waals surface area contributed by atoms with E-state index in [2.05, 4.69) is 57.7 Å². The number of rotatable bonds is 3. The lowest BCUT2D eigenvalue weighted by molar-refractivity contribution is 0.381. The van der Waals surface area contributed by atoms with Crippen LogP contribution in [0, 0.1) is 18.3 Å². The molecule has 3 rings (SSSR count). The van der Waals surface area contributed by atoms with Gasteiger partial charge in [0.25, 0.3) is 0 Å². The van der Waals surface area contributed by atoms with E-state index in [0.717, 1.165) is 24.1 Å². The second kappa shape index (κ2) is 7.41. The lowest BCUT2D eigenvalue weighted by atomic mass is 9.79. The molecule has 2 nitrogen and oxygen atoms in total. The Labute approximate surface area is 168 Å². The van der Waals surface area contributed by atoms with Gasteiger partial charge in [0.15, 0.2) is 0 Å². The molecular formula is C24H27ClN2. The summed E-state index contributed by atoms with van der Waals surface area (Å²) in [6.07, 6.45) is 3.11. The van der Waals surface area contributed by atoms with Crippen molar-refractivity contribution >= 4 is 28.9 Å². The van der Waals surface area contributed by atoms with Gasteiger partial charge >= 0.3 is 0 Å². The van der Waals surface area contributed by atoms with Crippen LogP contribution in [0.15, 0.2) is 36.4 Å². The number of hydrogen-bond acceptors (Lipinski definition) is 2. The summed E-state index contributed by atoms with van der Waals surface area (Å²) in [6.45, 7) is 12.3. The van der Waals surface area contributed by atoms with Crippen molar-refractivity contribution in [1.29, 1.82) is 5.26 Å². The third-order valence-electron chi connectivity index (χ3n) is 5.65. The van der Waals surface area contributed by atoms with Crippen LogP contribution < -0.4 is 4.90 Å². The number of anilines is 1. The van der Waals surface area contributed by atoms with Gasteiger partial charge in [0, 0.05) is 22.8 Å². The summed E-state index contributed by atoms with van der Waals surface area (Å²) < 4.78 is 0. The average Bonchev–Trinajstić information content (AvgIpc) is 2.60.